The molecule has 36 heavy (non-hydrogen) atoms. The first-order chi connectivity index (χ1) is 17.0. The molecule has 1 saturated carbocycles. The molecule has 1 aliphatic carbocycles. The number of rotatable bonds is 8. The Bertz CT molecular complexity index is 1140. The van der Waals surface area contributed by atoms with E-state index in [-0.39, 0.29) is 17.1 Å². The lowest BCUT2D eigenvalue weighted by atomic mass is 9.97. The number of ether oxygens (including phenoxy) is 2. The van der Waals surface area contributed by atoms with Crippen LogP contribution in [0, 0.1) is 13.8 Å². The Labute approximate surface area is 214 Å². The fourth-order valence-corrected chi connectivity index (χ4v) is 4.73. The summed E-state index contributed by atoms with van der Waals surface area (Å²) in [5, 5.41) is 5.92. The van der Waals surface area contributed by atoms with E-state index < -0.39 is 47.0 Å². The van der Waals surface area contributed by atoms with Gasteiger partial charge in [0.05, 0.1) is 41.6 Å². The summed E-state index contributed by atoms with van der Waals surface area (Å²) in [4.78, 5) is 20.9. The lowest BCUT2D eigenvalue weighted by molar-refractivity contribution is -0.138. The molecule has 2 aromatic rings. The van der Waals surface area contributed by atoms with Crippen LogP contribution in [0.1, 0.15) is 70.7 Å². The number of alkyl halides is 5. The number of hydrogen-bond donors (Lipinski definition) is 2. The van der Waals surface area contributed by atoms with Crippen LogP contribution >= 0.6 is 15.9 Å². The molecular weight excluding hydrogens is 548 g/mol. The molecule has 2 heterocycles. The zero-order chi connectivity index (χ0) is 26.3. The van der Waals surface area contributed by atoms with Gasteiger partial charge in [0.25, 0.3) is 0 Å². The van der Waals surface area contributed by atoms with Gasteiger partial charge in [-0.1, -0.05) is 28.1 Å². The van der Waals surface area contributed by atoms with Gasteiger partial charge in [0.15, 0.2) is 6.29 Å². The van der Waals surface area contributed by atoms with Crippen LogP contribution in [0.4, 0.5) is 23.4 Å². The first kappa shape index (κ1) is 26.7. The largest absolute Gasteiger partial charge is 0.416 e. The van der Waals surface area contributed by atoms with Gasteiger partial charge in [-0.25, -0.2) is 14.4 Å². The molecule has 1 aromatic heterocycles. The monoisotopic (exact) mass is 574 g/mol. The van der Waals surface area contributed by atoms with Crippen molar-refractivity contribution >= 4 is 27.7 Å². The first-order valence-corrected chi connectivity index (χ1v) is 12.4. The van der Waals surface area contributed by atoms with Gasteiger partial charge < -0.3 is 20.1 Å². The normalized spacial score (nSPS) is 19.1. The van der Waals surface area contributed by atoms with Crippen molar-refractivity contribution in [2.45, 2.75) is 62.5 Å². The summed E-state index contributed by atoms with van der Waals surface area (Å²) in [7, 11) is 0. The minimum absolute atomic E-state index is 0.101. The standard InChI is InChI=1S/C24H27BrF4N4O3/c1-12-15(5-4-6-16(12)24(27,28)29)13(2)30-20-17(22-35-9-10-36-22)19(31-14(3)32-20)18(25)21(34)33-23(11-26)7-8-23/h4-6,13,18,22H,7-11H2,1-3H3,(H,33,34)(H,30,31,32)/t13-,18?/m1/s1. The fourth-order valence-electron chi connectivity index (χ4n) is 4.27. The summed E-state index contributed by atoms with van der Waals surface area (Å²) >= 11 is 3.39. The number of halogens is 5. The molecule has 196 valence electrons. The highest BCUT2D eigenvalue weighted by Crippen LogP contribution is 2.41. The number of aryl methyl sites for hydroxylation is 1. The average molecular weight is 575 g/mol. The maximum absolute atomic E-state index is 13.5. The van der Waals surface area contributed by atoms with Crippen LogP contribution in [0.5, 0.6) is 0 Å². The highest BCUT2D eigenvalue weighted by molar-refractivity contribution is 9.09. The topological polar surface area (TPSA) is 85.4 Å². The van der Waals surface area contributed by atoms with Crippen LogP contribution < -0.4 is 10.6 Å². The Morgan fingerprint density at radius 1 is 1.22 bits per heavy atom. The van der Waals surface area contributed by atoms with Gasteiger partial charge in [-0.2, -0.15) is 13.2 Å². The molecule has 2 N–H and O–H groups in total. The number of amides is 1. The summed E-state index contributed by atoms with van der Waals surface area (Å²) in [6.07, 6.45) is -4.26. The predicted molar refractivity (Wildman–Crippen MR) is 127 cm³/mol. The van der Waals surface area contributed by atoms with E-state index >= 15 is 0 Å². The number of anilines is 1. The fraction of sp³-hybridized carbons (Fsp3) is 0.542. The van der Waals surface area contributed by atoms with Crippen LogP contribution in [0.15, 0.2) is 18.2 Å². The van der Waals surface area contributed by atoms with Crippen molar-refractivity contribution in [2.75, 3.05) is 25.2 Å². The van der Waals surface area contributed by atoms with E-state index in [1.165, 1.54) is 13.0 Å². The number of benzene rings is 1. The zero-order valence-electron chi connectivity index (χ0n) is 20.0. The first-order valence-electron chi connectivity index (χ1n) is 11.5. The van der Waals surface area contributed by atoms with Crippen LogP contribution in [0.25, 0.3) is 0 Å². The molecule has 7 nitrogen and oxygen atoms in total. The number of carbonyl (C=O) groups is 1. The Balaban J connectivity index is 1.71. The number of nitrogens with zero attached hydrogens (tertiary/aromatic N) is 2. The van der Waals surface area contributed by atoms with Crippen molar-refractivity contribution in [2.24, 2.45) is 0 Å². The van der Waals surface area contributed by atoms with Gasteiger partial charge in [0, 0.05) is 0 Å². The molecule has 1 aliphatic heterocycles. The SMILES string of the molecule is Cc1nc(N[C@H](C)c2cccc(C(F)(F)F)c2C)c(C2OCCO2)c(C(Br)C(=O)NC2(CF)CC2)n1. The number of aromatic nitrogens is 2. The van der Waals surface area contributed by atoms with Crippen molar-refractivity contribution in [3.63, 3.8) is 0 Å². The minimum atomic E-state index is -4.48. The van der Waals surface area contributed by atoms with Crippen LogP contribution in [0.3, 0.4) is 0 Å². The summed E-state index contributed by atoms with van der Waals surface area (Å²) < 4.78 is 65.2. The number of carbonyl (C=O) groups excluding carboxylic acids is 1. The van der Waals surface area contributed by atoms with Crippen LogP contribution in [-0.2, 0) is 20.4 Å². The lowest BCUT2D eigenvalue weighted by Gasteiger charge is -2.25. The van der Waals surface area contributed by atoms with Crippen molar-refractivity contribution in [1.29, 1.82) is 0 Å². The second-order valence-electron chi connectivity index (χ2n) is 9.14. The average Bonchev–Trinajstić information content (AvgIpc) is 3.37. The third-order valence-electron chi connectivity index (χ3n) is 6.41. The van der Waals surface area contributed by atoms with Gasteiger partial charge in [-0.3, -0.25) is 4.79 Å². The van der Waals surface area contributed by atoms with E-state index in [1.54, 1.807) is 19.9 Å². The second-order valence-corrected chi connectivity index (χ2v) is 10.1. The molecule has 1 unspecified atom stereocenters. The van der Waals surface area contributed by atoms with E-state index in [9.17, 15) is 22.4 Å². The summed E-state index contributed by atoms with van der Waals surface area (Å²) in [5.41, 5.74) is -0.385. The van der Waals surface area contributed by atoms with Crippen LogP contribution in [0.2, 0.25) is 0 Å². The minimum Gasteiger partial charge on any atom is -0.363 e. The van der Waals surface area contributed by atoms with Gasteiger partial charge in [0.2, 0.25) is 5.91 Å². The highest BCUT2D eigenvalue weighted by Gasteiger charge is 2.46. The number of nitrogens with one attached hydrogen (secondary N) is 2. The third kappa shape index (κ3) is 5.50. The molecule has 12 heteroatoms. The van der Waals surface area contributed by atoms with E-state index in [0.717, 1.165) is 6.07 Å². The Morgan fingerprint density at radius 2 is 1.89 bits per heavy atom. The van der Waals surface area contributed by atoms with Gasteiger partial charge in [0.1, 0.15) is 23.1 Å². The predicted octanol–water partition coefficient (Wildman–Crippen LogP) is 5.39. The van der Waals surface area contributed by atoms with E-state index in [0.29, 0.717) is 43.0 Å². The quantitative estimate of drug-likeness (QED) is 0.325. The Hall–Kier alpha value is -2.31. The molecule has 2 atom stereocenters. The summed E-state index contributed by atoms with van der Waals surface area (Å²) in [6, 6.07) is 3.44. The highest BCUT2D eigenvalue weighted by atomic mass is 79.9. The van der Waals surface area contributed by atoms with Gasteiger partial charge in [-0.05, 0) is 50.8 Å². The molecule has 1 aromatic carbocycles. The Kier molecular flexibility index (Phi) is 7.59. The molecule has 1 saturated heterocycles. The molecule has 1 amide bonds. The van der Waals surface area contributed by atoms with Crippen molar-refractivity contribution in [3.05, 3.63) is 52.0 Å². The van der Waals surface area contributed by atoms with Crippen LogP contribution in [-0.4, -0.2) is 41.3 Å². The molecule has 0 radical (unpaired) electrons. The lowest BCUT2D eigenvalue weighted by Crippen LogP contribution is -2.40. The molecule has 4 rings (SSSR count). The zero-order valence-corrected chi connectivity index (χ0v) is 21.6. The summed E-state index contributed by atoms with van der Waals surface area (Å²) in [6.45, 7) is 4.73. The smallest absolute Gasteiger partial charge is 0.363 e. The summed E-state index contributed by atoms with van der Waals surface area (Å²) in [5.74, 6) is 0.138. The molecule has 2 fully saturated rings. The van der Waals surface area contributed by atoms with E-state index in [4.69, 9.17) is 9.47 Å². The van der Waals surface area contributed by atoms with Crippen molar-refractivity contribution in [3.8, 4) is 0 Å². The van der Waals surface area contributed by atoms with Gasteiger partial charge >= 0.3 is 6.18 Å². The maximum atomic E-state index is 13.5. The Morgan fingerprint density at radius 3 is 2.47 bits per heavy atom. The number of hydrogen-bond acceptors (Lipinski definition) is 6. The third-order valence-corrected chi connectivity index (χ3v) is 7.26. The molecule has 2 aliphatic rings. The van der Waals surface area contributed by atoms with Crippen molar-refractivity contribution in [1.82, 2.24) is 15.3 Å². The molecule has 0 spiro atoms. The van der Waals surface area contributed by atoms with Crippen molar-refractivity contribution < 1.29 is 31.8 Å². The second kappa shape index (κ2) is 10.2. The van der Waals surface area contributed by atoms with Gasteiger partial charge in [-0.15, -0.1) is 0 Å². The molecule has 0 bridgehead atoms. The van der Waals surface area contributed by atoms with E-state index in [1.807, 2.05) is 0 Å². The van der Waals surface area contributed by atoms with E-state index in [2.05, 4.69) is 36.5 Å². The molecular formula is C24H27BrF4N4O3. The maximum Gasteiger partial charge on any atom is 0.416 e.